The quantitative estimate of drug-likeness (QED) is 0.819. The van der Waals surface area contributed by atoms with Crippen molar-refractivity contribution in [3.05, 3.63) is 24.3 Å². The van der Waals surface area contributed by atoms with Crippen LogP contribution in [0.5, 0.6) is 5.75 Å². The molecule has 19 heavy (non-hydrogen) atoms. The van der Waals surface area contributed by atoms with Gasteiger partial charge in [0, 0.05) is 6.04 Å². The minimum atomic E-state index is -0.0676. The second-order valence-corrected chi connectivity index (χ2v) is 5.26. The van der Waals surface area contributed by atoms with E-state index in [4.69, 9.17) is 10.5 Å². The lowest BCUT2D eigenvalue weighted by molar-refractivity contribution is -0.124. The van der Waals surface area contributed by atoms with E-state index in [0.29, 0.717) is 17.4 Å². The van der Waals surface area contributed by atoms with Crippen LogP contribution in [0.2, 0.25) is 0 Å². The van der Waals surface area contributed by atoms with E-state index in [9.17, 15) is 4.79 Å². The van der Waals surface area contributed by atoms with Gasteiger partial charge in [-0.15, -0.1) is 0 Å². The van der Waals surface area contributed by atoms with E-state index in [1.54, 1.807) is 12.1 Å². The number of rotatable bonds is 4. The van der Waals surface area contributed by atoms with Crippen molar-refractivity contribution in [1.29, 1.82) is 0 Å². The molecule has 1 aliphatic carbocycles. The van der Waals surface area contributed by atoms with E-state index in [-0.39, 0.29) is 18.6 Å². The maximum absolute atomic E-state index is 11.9. The van der Waals surface area contributed by atoms with E-state index in [1.807, 2.05) is 12.1 Å². The molecule has 4 nitrogen and oxygen atoms in total. The van der Waals surface area contributed by atoms with Gasteiger partial charge in [0.15, 0.2) is 6.61 Å². The van der Waals surface area contributed by atoms with Gasteiger partial charge in [-0.2, -0.15) is 0 Å². The summed E-state index contributed by atoms with van der Waals surface area (Å²) in [7, 11) is 0. The summed E-state index contributed by atoms with van der Waals surface area (Å²) < 4.78 is 5.44. The van der Waals surface area contributed by atoms with Crippen LogP contribution >= 0.6 is 0 Å². The number of hydrogen-bond donors (Lipinski definition) is 2. The Morgan fingerprint density at radius 1 is 1.37 bits per heavy atom. The third-order valence-electron chi connectivity index (χ3n) is 3.74. The number of nitrogen functional groups attached to an aromatic ring is 1. The fraction of sp³-hybridized carbons (Fsp3) is 0.533. The molecule has 4 heteroatoms. The Bertz CT molecular complexity index is 434. The van der Waals surface area contributed by atoms with Gasteiger partial charge in [0.05, 0.1) is 5.69 Å². The van der Waals surface area contributed by atoms with Crippen molar-refractivity contribution in [2.75, 3.05) is 12.3 Å². The van der Waals surface area contributed by atoms with Gasteiger partial charge in [0.1, 0.15) is 5.75 Å². The summed E-state index contributed by atoms with van der Waals surface area (Å²) in [5.74, 6) is 1.05. The first kappa shape index (κ1) is 13.7. The van der Waals surface area contributed by atoms with Crippen molar-refractivity contribution < 1.29 is 9.53 Å². The van der Waals surface area contributed by atoms with Crippen LogP contribution in [0.4, 0.5) is 5.69 Å². The molecule has 1 amide bonds. The average Bonchev–Trinajstić information content (AvgIpc) is 2.40. The minimum absolute atomic E-state index is 0.0252. The van der Waals surface area contributed by atoms with Crippen molar-refractivity contribution >= 4 is 11.6 Å². The lowest BCUT2D eigenvalue weighted by Gasteiger charge is -2.29. The zero-order chi connectivity index (χ0) is 13.7. The molecule has 3 N–H and O–H groups in total. The van der Waals surface area contributed by atoms with Crippen molar-refractivity contribution in [2.24, 2.45) is 5.92 Å². The Morgan fingerprint density at radius 3 is 2.84 bits per heavy atom. The van der Waals surface area contributed by atoms with Crippen LogP contribution in [0.1, 0.15) is 32.6 Å². The van der Waals surface area contributed by atoms with E-state index in [0.717, 1.165) is 6.42 Å². The van der Waals surface area contributed by atoms with Crippen LogP contribution in [-0.2, 0) is 4.79 Å². The Balaban J connectivity index is 1.80. The Labute approximate surface area is 114 Å². The largest absolute Gasteiger partial charge is 0.482 e. The summed E-state index contributed by atoms with van der Waals surface area (Å²) in [6.07, 6.45) is 4.73. The number of para-hydroxylation sites is 2. The van der Waals surface area contributed by atoms with Crippen LogP contribution in [0, 0.1) is 5.92 Å². The van der Waals surface area contributed by atoms with Gasteiger partial charge in [-0.3, -0.25) is 4.79 Å². The molecule has 0 radical (unpaired) electrons. The fourth-order valence-corrected chi connectivity index (χ4v) is 2.53. The van der Waals surface area contributed by atoms with Gasteiger partial charge < -0.3 is 15.8 Å². The summed E-state index contributed by atoms with van der Waals surface area (Å²) in [5, 5.41) is 3.05. The van der Waals surface area contributed by atoms with Gasteiger partial charge in [0.2, 0.25) is 0 Å². The monoisotopic (exact) mass is 262 g/mol. The first-order chi connectivity index (χ1) is 9.16. The standard InChI is InChI=1S/C15H22N2O2/c1-11-6-2-4-8-13(11)17-15(18)10-19-14-9-5-3-7-12(14)16/h3,5,7,9,11,13H,2,4,6,8,10,16H2,1H3,(H,17,18). The molecule has 1 aliphatic rings. The molecule has 0 aliphatic heterocycles. The highest BCUT2D eigenvalue weighted by Crippen LogP contribution is 2.24. The van der Waals surface area contributed by atoms with Crippen LogP contribution in [0.15, 0.2) is 24.3 Å². The predicted molar refractivity (Wildman–Crippen MR) is 75.9 cm³/mol. The Hall–Kier alpha value is -1.71. The lowest BCUT2D eigenvalue weighted by atomic mass is 9.86. The predicted octanol–water partition coefficient (Wildman–Crippen LogP) is 2.34. The first-order valence-electron chi connectivity index (χ1n) is 6.93. The molecule has 1 aromatic rings. The third kappa shape index (κ3) is 3.88. The lowest BCUT2D eigenvalue weighted by Crippen LogP contribution is -2.43. The highest BCUT2D eigenvalue weighted by atomic mass is 16.5. The molecular weight excluding hydrogens is 240 g/mol. The second kappa shape index (κ2) is 6.45. The molecule has 0 saturated heterocycles. The SMILES string of the molecule is CC1CCCCC1NC(=O)COc1ccccc1N. The Kier molecular flexibility index (Phi) is 4.66. The summed E-state index contributed by atoms with van der Waals surface area (Å²) >= 11 is 0. The van der Waals surface area contributed by atoms with Gasteiger partial charge in [-0.05, 0) is 30.9 Å². The zero-order valence-corrected chi connectivity index (χ0v) is 11.4. The maximum atomic E-state index is 11.9. The van der Waals surface area contributed by atoms with Gasteiger partial charge >= 0.3 is 0 Å². The number of hydrogen-bond acceptors (Lipinski definition) is 3. The van der Waals surface area contributed by atoms with Crippen LogP contribution in [0.25, 0.3) is 0 Å². The molecular formula is C15H22N2O2. The molecule has 0 heterocycles. The fourth-order valence-electron chi connectivity index (χ4n) is 2.53. The molecule has 2 atom stereocenters. The van der Waals surface area contributed by atoms with Crippen molar-refractivity contribution in [2.45, 2.75) is 38.6 Å². The second-order valence-electron chi connectivity index (χ2n) is 5.26. The van der Waals surface area contributed by atoms with Crippen LogP contribution in [-0.4, -0.2) is 18.6 Å². The summed E-state index contributed by atoms with van der Waals surface area (Å²) in [5.41, 5.74) is 6.31. The van der Waals surface area contributed by atoms with E-state index in [2.05, 4.69) is 12.2 Å². The van der Waals surface area contributed by atoms with Crippen molar-refractivity contribution in [1.82, 2.24) is 5.32 Å². The van der Waals surface area contributed by atoms with Crippen LogP contribution < -0.4 is 15.8 Å². The molecule has 2 unspecified atom stereocenters. The number of nitrogens with two attached hydrogens (primary N) is 1. The van der Waals surface area contributed by atoms with E-state index < -0.39 is 0 Å². The molecule has 2 rings (SSSR count). The van der Waals surface area contributed by atoms with Gasteiger partial charge in [-0.25, -0.2) is 0 Å². The molecule has 0 aromatic heterocycles. The van der Waals surface area contributed by atoms with Gasteiger partial charge in [-0.1, -0.05) is 31.9 Å². The normalized spacial score (nSPS) is 22.8. The molecule has 104 valence electrons. The molecule has 0 spiro atoms. The highest BCUT2D eigenvalue weighted by Gasteiger charge is 2.22. The minimum Gasteiger partial charge on any atom is -0.482 e. The van der Waals surface area contributed by atoms with Crippen molar-refractivity contribution in [3.8, 4) is 5.75 Å². The number of amides is 1. The molecule has 1 fully saturated rings. The number of carbonyl (C=O) groups excluding carboxylic acids is 1. The smallest absolute Gasteiger partial charge is 0.258 e. The maximum Gasteiger partial charge on any atom is 0.258 e. The molecule has 0 bridgehead atoms. The summed E-state index contributed by atoms with van der Waals surface area (Å²) in [6, 6.07) is 7.50. The molecule has 1 saturated carbocycles. The van der Waals surface area contributed by atoms with Crippen molar-refractivity contribution in [3.63, 3.8) is 0 Å². The Morgan fingerprint density at radius 2 is 2.11 bits per heavy atom. The van der Waals surface area contributed by atoms with Crippen LogP contribution in [0.3, 0.4) is 0 Å². The van der Waals surface area contributed by atoms with Gasteiger partial charge in [0.25, 0.3) is 5.91 Å². The van der Waals surface area contributed by atoms with E-state index >= 15 is 0 Å². The summed E-state index contributed by atoms with van der Waals surface area (Å²) in [4.78, 5) is 11.9. The number of nitrogens with one attached hydrogen (secondary N) is 1. The number of anilines is 1. The number of ether oxygens (including phenoxy) is 1. The van der Waals surface area contributed by atoms with E-state index in [1.165, 1.54) is 19.3 Å². The zero-order valence-electron chi connectivity index (χ0n) is 11.4. The first-order valence-corrected chi connectivity index (χ1v) is 6.93. The number of benzene rings is 1. The third-order valence-corrected chi connectivity index (χ3v) is 3.74. The highest BCUT2D eigenvalue weighted by molar-refractivity contribution is 5.78. The molecule has 1 aromatic carbocycles. The average molecular weight is 262 g/mol. The number of carbonyl (C=O) groups is 1. The topological polar surface area (TPSA) is 64.3 Å². The summed E-state index contributed by atoms with van der Waals surface area (Å²) in [6.45, 7) is 2.22.